The van der Waals surface area contributed by atoms with Crippen LogP contribution in [0.5, 0.6) is 0 Å². The lowest BCUT2D eigenvalue weighted by molar-refractivity contribution is -0.117. The van der Waals surface area contributed by atoms with Crippen molar-refractivity contribution >= 4 is 29.1 Å². The van der Waals surface area contributed by atoms with Gasteiger partial charge >= 0.3 is 0 Å². The third kappa shape index (κ3) is 4.31. The van der Waals surface area contributed by atoms with Gasteiger partial charge in [0.05, 0.1) is 11.3 Å². The number of carbonyl (C=O) groups is 3. The zero-order valence-corrected chi connectivity index (χ0v) is 16.5. The number of hydrogen-bond acceptors (Lipinski definition) is 3. The Bertz CT molecular complexity index is 942. The molecule has 0 spiro atoms. The molecule has 0 bridgehead atoms. The van der Waals surface area contributed by atoms with E-state index in [1.807, 2.05) is 24.0 Å². The molecule has 3 amide bonds. The van der Waals surface area contributed by atoms with Crippen molar-refractivity contribution in [1.82, 2.24) is 4.90 Å². The summed E-state index contributed by atoms with van der Waals surface area (Å²) in [5.41, 5.74) is 3.07. The van der Waals surface area contributed by atoms with Gasteiger partial charge in [-0.2, -0.15) is 0 Å². The summed E-state index contributed by atoms with van der Waals surface area (Å²) in [4.78, 5) is 39.4. The van der Waals surface area contributed by atoms with Gasteiger partial charge in [0.2, 0.25) is 5.91 Å². The molecule has 2 N–H and O–H groups in total. The highest BCUT2D eigenvalue weighted by molar-refractivity contribution is 6.09. The first-order valence-corrected chi connectivity index (χ1v) is 10.1. The number of aryl methyl sites for hydroxylation is 1. The molecule has 4 rings (SSSR count). The van der Waals surface area contributed by atoms with Crippen LogP contribution >= 0.6 is 0 Å². The van der Waals surface area contributed by atoms with Gasteiger partial charge in [0.15, 0.2) is 0 Å². The van der Waals surface area contributed by atoms with Crippen LogP contribution in [-0.2, 0) is 4.79 Å². The van der Waals surface area contributed by atoms with E-state index in [0.717, 1.165) is 44.3 Å². The minimum atomic E-state index is -0.286. The predicted octanol–water partition coefficient (Wildman–Crippen LogP) is 3.83. The summed E-state index contributed by atoms with van der Waals surface area (Å²) in [6.45, 7) is 3.40. The summed E-state index contributed by atoms with van der Waals surface area (Å²) in [6.07, 6.45) is 3.93. The largest absolute Gasteiger partial charge is 0.339 e. The number of rotatable bonds is 5. The highest BCUT2D eigenvalue weighted by Gasteiger charge is 2.29. The molecule has 2 aromatic rings. The molecule has 6 nitrogen and oxygen atoms in total. The number of carbonyl (C=O) groups excluding carboxylic acids is 3. The smallest absolute Gasteiger partial charge is 0.256 e. The Morgan fingerprint density at radius 2 is 1.62 bits per heavy atom. The van der Waals surface area contributed by atoms with Crippen LogP contribution in [0.4, 0.5) is 11.4 Å². The Balaban J connectivity index is 1.48. The molecule has 1 aliphatic carbocycles. The fraction of sp³-hybridized carbons (Fsp3) is 0.348. The van der Waals surface area contributed by atoms with E-state index < -0.39 is 0 Å². The Kier molecular flexibility index (Phi) is 5.34. The average Bonchev–Trinajstić information content (AvgIpc) is 3.42. The number of likely N-dealkylation sites (tertiary alicyclic amines) is 1. The summed E-state index contributed by atoms with van der Waals surface area (Å²) in [5, 5.41) is 5.75. The number of nitrogens with one attached hydrogen (secondary N) is 2. The second kappa shape index (κ2) is 8.07. The van der Waals surface area contributed by atoms with Gasteiger partial charge in [-0.1, -0.05) is 12.1 Å². The molecule has 0 unspecified atom stereocenters. The highest BCUT2D eigenvalue weighted by atomic mass is 16.2. The van der Waals surface area contributed by atoms with E-state index in [0.29, 0.717) is 22.5 Å². The Hall–Kier alpha value is -3.15. The van der Waals surface area contributed by atoms with E-state index in [-0.39, 0.29) is 23.6 Å². The maximum absolute atomic E-state index is 12.9. The maximum Gasteiger partial charge on any atom is 0.256 e. The van der Waals surface area contributed by atoms with Crippen LogP contribution < -0.4 is 10.6 Å². The minimum absolute atomic E-state index is 0.0333. The van der Waals surface area contributed by atoms with Gasteiger partial charge < -0.3 is 15.5 Å². The number of benzene rings is 2. The van der Waals surface area contributed by atoms with Crippen LogP contribution in [0.25, 0.3) is 0 Å². The monoisotopic (exact) mass is 391 g/mol. The van der Waals surface area contributed by atoms with Crippen molar-refractivity contribution < 1.29 is 14.4 Å². The molecule has 29 heavy (non-hydrogen) atoms. The average molecular weight is 391 g/mol. The van der Waals surface area contributed by atoms with Crippen LogP contribution in [0.15, 0.2) is 42.5 Å². The molecule has 2 aromatic carbocycles. The van der Waals surface area contributed by atoms with Crippen molar-refractivity contribution in [3.8, 4) is 0 Å². The molecular weight excluding hydrogens is 366 g/mol. The van der Waals surface area contributed by atoms with Gasteiger partial charge in [0.1, 0.15) is 0 Å². The van der Waals surface area contributed by atoms with Crippen molar-refractivity contribution in [3.63, 3.8) is 0 Å². The van der Waals surface area contributed by atoms with Gasteiger partial charge in [-0.25, -0.2) is 0 Å². The lowest BCUT2D eigenvalue weighted by Gasteiger charge is -2.19. The van der Waals surface area contributed by atoms with E-state index >= 15 is 0 Å². The minimum Gasteiger partial charge on any atom is -0.339 e. The number of hydrogen-bond donors (Lipinski definition) is 2. The lowest BCUT2D eigenvalue weighted by atomic mass is 10.0. The fourth-order valence-corrected chi connectivity index (χ4v) is 3.62. The van der Waals surface area contributed by atoms with Crippen LogP contribution in [0.2, 0.25) is 0 Å². The standard InChI is InChI=1S/C23H25N3O3/c1-15-5-4-6-19(20(15)23(29)26-13-2-3-14-26)25-22(28)17-9-11-18(12-10-17)24-21(27)16-7-8-16/h4-6,9-12,16H,2-3,7-8,13-14H2,1H3,(H,24,27)(H,25,28). The van der Waals surface area contributed by atoms with Gasteiger partial charge in [-0.05, 0) is 68.5 Å². The summed E-state index contributed by atoms with van der Waals surface area (Å²) >= 11 is 0. The van der Waals surface area contributed by atoms with Gasteiger partial charge in [-0.3, -0.25) is 14.4 Å². The van der Waals surface area contributed by atoms with Crippen molar-refractivity contribution in [1.29, 1.82) is 0 Å². The fourth-order valence-electron chi connectivity index (χ4n) is 3.62. The van der Waals surface area contributed by atoms with Crippen LogP contribution in [0, 0.1) is 12.8 Å². The molecular formula is C23H25N3O3. The van der Waals surface area contributed by atoms with Crippen molar-refractivity contribution in [2.24, 2.45) is 5.92 Å². The Labute approximate surface area is 170 Å². The quantitative estimate of drug-likeness (QED) is 0.813. The van der Waals surface area contributed by atoms with Gasteiger partial charge in [-0.15, -0.1) is 0 Å². The molecule has 2 fully saturated rings. The van der Waals surface area contributed by atoms with Crippen molar-refractivity contribution in [2.75, 3.05) is 23.7 Å². The predicted molar refractivity (Wildman–Crippen MR) is 112 cm³/mol. The molecule has 150 valence electrons. The highest BCUT2D eigenvalue weighted by Crippen LogP contribution is 2.30. The first-order chi connectivity index (χ1) is 14.0. The van der Waals surface area contributed by atoms with E-state index in [4.69, 9.17) is 0 Å². The second-order valence-corrected chi connectivity index (χ2v) is 7.79. The number of amides is 3. The molecule has 0 radical (unpaired) electrons. The van der Waals surface area contributed by atoms with Crippen molar-refractivity contribution in [3.05, 3.63) is 59.2 Å². The first kappa shape index (κ1) is 19.2. The zero-order chi connectivity index (χ0) is 20.4. The van der Waals surface area contributed by atoms with E-state index in [9.17, 15) is 14.4 Å². The van der Waals surface area contributed by atoms with Crippen LogP contribution in [-0.4, -0.2) is 35.7 Å². The van der Waals surface area contributed by atoms with Crippen LogP contribution in [0.1, 0.15) is 52.0 Å². The third-order valence-electron chi connectivity index (χ3n) is 5.49. The Morgan fingerprint density at radius 3 is 2.28 bits per heavy atom. The molecule has 1 saturated heterocycles. The number of nitrogens with zero attached hydrogens (tertiary/aromatic N) is 1. The van der Waals surface area contributed by atoms with E-state index in [1.54, 1.807) is 30.3 Å². The normalized spacial score (nSPS) is 15.8. The molecule has 2 aliphatic rings. The van der Waals surface area contributed by atoms with Crippen molar-refractivity contribution in [2.45, 2.75) is 32.6 Å². The summed E-state index contributed by atoms with van der Waals surface area (Å²) in [7, 11) is 0. The van der Waals surface area contributed by atoms with Gasteiger partial charge in [0, 0.05) is 30.3 Å². The summed E-state index contributed by atoms with van der Waals surface area (Å²) < 4.78 is 0. The van der Waals surface area contributed by atoms with Gasteiger partial charge in [0.25, 0.3) is 11.8 Å². The zero-order valence-electron chi connectivity index (χ0n) is 16.5. The molecule has 0 aromatic heterocycles. The molecule has 6 heteroatoms. The van der Waals surface area contributed by atoms with Crippen LogP contribution in [0.3, 0.4) is 0 Å². The summed E-state index contributed by atoms with van der Waals surface area (Å²) in [6, 6.07) is 12.3. The topological polar surface area (TPSA) is 78.5 Å². The van der Waals surface area contributed by atoms with E-state index in [2.05, 4.69) is 10.6 Å². The molecule has 1 heterocycles. The molecule has 1 aliphatic heterocycles. The first-order valence-electron chi connectivity index (χ1n) is 10.1. The molecule has 1 saturated carbocycles. The lowest BCUT2D eigenvalue weighted by Crippen LogP contribution is -2.29. The third-order valence-corrected chi connectivity index (χ3v) is 5.49. The van der Waals surface area contributed by atoms with E-state index in [1.165, 1.54) is 0 Å². The second-order valence-electron chi connectivity index (χ2n) is 7.79. The number of anilines is 2. The maximum atomic E-state index is 12.9. The molecule has 0 atom stereocenters. The SMILES string of the molecule is Cc1cccc(NC(=O)c2ccc(NC(=O)C3CC3)cc2)c1C(=O)N1CCCC1. The Morgan fingerprint density at radius 1 is 0.931 bits per heavy atom. The summed E-state index contributed by atoms with van der Waals surface area (Å²) in [5.74, 6) is -0.155.